The Kier molecular flexibility index (Phi) is 6.01. The molecule has 0 bridgehead atoms. The summed E-state index contributed by atoms with van der Waals surface area (Å²) in [6.07, 6.45) is 5.30. The van der Waals surface area contributed by atoms with Crippen molar-refractivity contribution in [3.05, 3.63) is 70.8 Å². The highest BCUT2D eigenvalue weighted by Gasteiger charge is 2.21. The van der Waals surface area contributed by atoms with E-state index in [4.69, 9.17) is 4.74 Å². The number of phenols is 2. The zero-order valence-electron chi connectivity index (χ0n) is 14.6. The first-order valence-corrected chi connectivity index (χ1v) is 7.96. The van der Waals surface area contributed by atoms with Crippen LogP contribution in [0.4, 0.5) is 0 Å². The third kappa shape index (κ3) is 4.51. The van der Waals surface area contributed by atoms with E-state index in [0.29, 0.717) is 17.7 Å². The summed E-state index contributed by atoms with van der Waals surface area (Å²) in [4.78, 5) is 12.5. The number of allylic oxidation sites excluding steroid dienone is 3. The van der Waals surface area contributed by atoms with Crippen molar-refractivity contribution in [1.29, 1.82) is 0 Å². The Morgan fingerprint density at radius 2 is 1.84 bits per heavy atom. The van der Waals surface area contributed by atoms with Gasteiger partial charge in [-0.25, -0.2) is 0 Å². The lowest BCUT2D eigenvalue weighted by molar-refractivity contribution is 0.104. The molecular weight excluding hydrogens is 316 g/mol. The number of aromatic hydroxyl groups is 2. The number of phenolic OH excluding ortho intramolecular Hbond substituents is 2. The molecule has 0 saturated carbocycles. The Labute approximate surface area is 147 Å². The topological polar surface area (TPSA) is 66.8 Å². The number of carbonyl (C=O) groups is 1. The molecule has 4 heteroatoms. The summed E-state index contributed by atoms with van der Waals surface area (Å²) >= 11 is 0. The number of carbonyl (C=O) groups excluding carboxylic acids is 1. The monoisotopic (exact) mass is 338 g/mol. The van der Waals surface area contributed by atoms with E-state index in [0.717, 1.165) is 11.1 Å². The smallest absolute Gasteiger partial charge is 0.193 e. The first-order chi connectivity index (χ1) is 11.9. The molecule has 0 aliphatic rings. The van der Waals surface area contributed by atoms with Gasteiger partial charge in [-0.3, -0.25) is 4.79 Å². The standard InChI is InChI=1S/C21H22O4/c1-14(2)9-11-16-19(25-3)13-18(23)20(21(16)24)17(22)12-10-15-7-5-4-6-8-15/h4-10,12-13,23-24H,11H2,1-3H3/b12-10+. The molecule has 2 aromatic rings. The van der Waals surface area contributed by atoms with Gasteiger partial charge in [0.05, 0.1) is 7.11 Å². The molecule has 0 spiro atoms. The van der Waals surface area contributed by atoms with Crippen LogP contribution in [0.1, 0.15) is 35.3 Å². The zero-order valence-corrected chi connectivity index (χ0v) is 14.6. The Balaban J connectivity index is 2.42. The average molecular weight is 338 g/mol. The quantitative estimate of drug-likeness (QED) is 0.462. The van der Waals surface area contributed by atoms with Crippen LogP contribution in [-0.4, -0.2) is 23.1 Å². The summed E-state index contributed by atoms with van der Waals surface area (Å²) < 4.78 is 5.22. The second-order valence-corrected chi connectivity index (χ2v) is 5.89. The van der Waals surface area contributed by atoms with Crippen LogP contribution in [0.5, 0.6) is 17.2 Å². The van der Waals surface area contributed by atoms with E-state index in [-0.39, 0.29) is 17.1 Å². The first kappa shape index (κ1) is 18.3. The normalized spacial score (nSPS) is 10.7. The molecule has 0 aliphatic carbocycles. The van der Waals surface area contributed by atoms with Gasteiger partial charge in [0, 0.05) is 11.6 Å². The van der Waals surface area contributed by atoms with Gasteiger partial charge in [0.25, 0.3) is 0 Å². The summed E-state index contributed by atoms with van der Waals surface area (Å²) in [6, 6.07) is 10.7. The van der Waals surface area contributed by atoms with Crippen LogP contribution in [-0.2, 0) is 6.42 Å². The largest absolute Gasteiger partial charge is 0.507 e. The van der Waals surface area contributed by atoms with Crippen molar-refractivity contribution in [3.63, 3.8) is 0 Å². The van der Waals surface area contributed by atoms with Gasteiger partial charge in [-0.15, -0.1) is 0 Å². The van der Waals surface area contributed by atoms with Crippen molar-refractivity contribution in [3.8, 4) is 17.2 Å². The van der Waals surface area contributed by atoms with Crippen LogP contribution < -0.4 is 4.74 Å². The summed E-state index contributed by atoms with van der Waals surface area (Å²) in [5.74, 6) is -0.689. The SMILES string of the molecule is COc1cc(O)c(C(=O)/C=C/c2ccccc2)c(O)c1CC=C(C)C. The zero-order chi connectivity index (χ0) is 18.4. The van der Waals surface area contributed by atoms with Crippen molar-refractivity contribution in [2.24, 2.45) is 0 Å². The number of methoxy groups -OCH3 is 1. The van der Waals surface area contributed by atoms with Crippen LogP contribution in [0, 0.1) is 0 Å². The first-order valence-electron chi connectivity index (χ1n) is 7.96. The fourth-order valence-corrected chi connectivity index (χ4v) is 2.42. The minimum absolute atomic E-state index is 0.120. The molecule has 0 fully saturated rings. The van der Waals surface area contributed by atoms with Crippen LogP contribution in [0.15, 0.2) is 54.1 Å². The van der Waals surface area contributed by atoms with Crippen LogP contribution in [0.3, 0.4) is 0 Å². The van der Waals surface area contributed by atoms with Gasteiger partial charge in [-0.05, 0) is 31.9 Å². The fraction of sp³-hybridized carbons (Fsp3) is 0.190. The molecule has 2 aromatic carbocycles. The molecule has 0 unspecified atom stereocenters. The third-order valence-corrected chi connectivity index (χ3v) is 3.75. The Bertz CT molecular complexity index is 814. The lowest BCUT2D eigenvalue weighted by Gasteiger charge is -2.13. The molecule has 0 amide bonds. The van der Waals surface area contributed by atoms with Crippen molar-refractivity contribution >= 4 is 11.9 Å². The maximum absolute atomic E-state index is 12.5. The molecule has 0 radical (unpaired) electrons. The molecule has 0 saturated heterocycles. The highest BCUT2D eigenvalue weighted by molar-refractivity contribution is 6.10. The van der Waals surface area contributed by atoms with Gasteiger partial charge < -0.3 is 14.9 Å². The minimum Gasteiger partial charge on any atom is -0.507 e. The Hall–Kier alpha value is -3.01. The van der Waals surface area contributed by atoms with Crippen molar-refractivity contribution in [2.45, 2.75) is 20.3 Å². The van der Waals surface area contributed by atoms with E-state index in [1.54, 1.807) is 6.08 Å². The highest BCUT2D eigenvalue weighted by Crippen LogP contribution is 2.39. The van der Waals surface area contributed by atoms with Gasteiger partial charge in [-0.1, -0.05) is 48.1 Å². The number of ketones is 1. The lowest BCUT2D eigenvalue weighted by atomic mass is 9.99. The number of benzene rings is 2. The van der Waals surface area contributed by atoms with E-state index >= 15 is 0 Å². The summed E-state index contributed by atoms with van der Waals surface area (Å²) in [7, 11) is 1.46. The number of hydrogen-bond donors (Lipinski definition) is 2. The summed E-state index contributed by atoms with van der Waals surface area (Å²) in [6.45, 7) is 3.89. The predicted octanol–water partition coefficient (Wildman–Crippen LogP) is 4.51. The predicted molar refractivity (Wildman–Crippen MR) is 99.3 cm³/mol. The third-order valence-electron chi connectivity index (χ3n) is 3.75. The molecule has 130 valence electrons. The van der Waals surface area contributed by atoms with Gasteiger partial charge in [0.2, 0.25) is 0 Å². The maximum atomic E-state index is 12.5. The van der Waals surface area contributed by atoms with E-state index in [1.807, 2.05) is 50.3 Å². The molecule has 4 nitrogen and oxygen atoms in total. The fourth-order valence-electron chi connectivity index (χ4n) is 2.42. The van der Waals surface area contributed by atoms with E-state index in [1.165, 1.54) is 19.3 Å². The van der Waals surface area contributed by atoms with Crippen molar-refractivity contribution in [2.75, 3.05) is 7.11 Å². The van der Waals surface area contributed by atoms with E-state index in [9.17, 15) is 15.0 Å². The summed E-state index contributed by atoms with van der Waals surface area (Å²) in [5.41, 5.74) is 2.28. The average Bonchev–Trinajstić information content (AvgIpc) is 2.59. The summed E-state index contributed by atoms with van der Waals surface area (Å²) in [5, 5.41) is 20.7. The van der Waals surface area contributed by atoms with Crippen LogP contribution in [0.2, 0.25) is 0 Å². The highest BCUT2D eigenvalue weighted by atomic mass is 16.5. The van der Waals surface area contributed by atoms with Crippen LogP contribution in [0.25, 0.3) is 6.08 Å². The van der Waals surface area contributed by atoms with Gasteiger partial charge in [-0.2, -0.15) is 0 Å². The number of rotatable bonds is 6. The molecule has 0 aromatic heterocycles. The molecule has 2 N–H and O–H groups in total. The second-order valence-electron chi connectivity index (χ2n) is 5.89. The molecular formula is C21H22O4. The Morgan fingerprint density at radius 1 is 1.16 bits per heavy atom. The van der Waals surface area contributed by atoms with E-state index in [2.05, 4.69) is 0 Å². The molecule has 0 aliphatic heterocycles. The molecule has 0 heterocycles. The Morgan fingerprint density at radius 3 is 2.44 bits per heavy atom. The number of ether oxygens (including phenoxy) is 1. The number of hydrogen-bond acceptors (Lipinski definition) is 4. The van der Waals surface area contributed by atoms with Gasteiger partial charge in [0.15, 0.2) is 5.78 Å². The lowest BCUT2D eigenvalue weighted by Crippen LogP contribution is -2.01. The van der Waals surface area contributed by atoms with Crippen LogP contribution >= 0.6 is 0 Å². The van der Waals surface area contributed by atoms with Gasteiger partial charge >= 0.3 is 0 Å². The molecule has 25 heavy (non-hydrogen) atoms. The minimum atomic E-state index is -0.472. The second kappa shape index (κ2) is 8.20. The molecule has 2 rings (SSSR count). The van der Waals surface area contributed by atoms with E-state index < -0.39 is 5.78 Å². The van der Waals surface area contributed by atoms with Crippen molar-refractivity contribution in [1.82, 2.24) is 0 Å². The molecule has 0 atom stereocenters. The van der Waals surface area contributed by atoms with Gasteiger partial charge in [0.1, 0.15) is 22.8 Å². The van der Waals surface area contributed by atoms with Crippen molar-refractivity contribution < 1.29 is 19.7 Å². The maximum Gasteiger partial charge on any atom is 0.193 e.